The van der Waals surface area contributed by atoms with Crippen molar-refractivity contribution in [1.82, 2.24) is 5.32 Å². The Morgan fingerprint density at radius 2 is 2.07 bits per heavy atom. The van der Waals surface area contributed by atoms with Gasteiger partial charge in [-0.1, -0.05) is 20.8 Å². The third kappa shape index (κ3) is 5.97. The van der Waals surface area contributed by atoms with E-state index >= 15 is 0 Å². The minimum atomic E-state index is -0.00551. The monoisotopic (exact) mass is 200 g/mol. The fraction of sp³-hybridized carbons (Fsp3) is 0.909. The first kappa shape index (κ1) is 13.4. The lowest BCUT2D eigenvalue weighted by atomic mass is 10.1. The fourth-order valence-corrected chi connectivity index (χ4v) is 1.33. The number of hydrogen-bond donors (Lipinski definition) is 2. The Morgan fingerprint density at radius 3 is 2.50 bits per heavy atom. The van der Waals surface area contributed by atoms with Crippen molar-refractivity contribution in [1.29, 1.82) is 0 Å². The lowest BCUT2D eigenvalue weighted by molar-refractivity contribution is -0.124. The topological polar surface area (TPSA) is 55.1 Å². The van der Waals surface area contributed by atoms with Crippen LogP contribution in [-0.4, -0.2) is 19.0 Å². The van der Waals surface area contributed by atoms with Crippen LogP contribution >= 0.6 is 0 Å². The van der Waals surface area contributed by atoms with E-state index in [1.807, 2.05) is 6.92 Å². The maximum Gasteiger partial charge on any atom is 0.224 e. The van der Waals surface area contributed by atoms with Crippen LogP contribution in [0.2, 0.25) is 0 Å². The van der Waals surface area contributed by atoms with Gasteiger partial charge in [0.05, 0.1) is 0 Å². The van der Waals surface area contributed by atoms with Crippen molar-refractivity contribution in [2.24, 2.45) is 17.6 Å². The molecule has 0 spiro atoms. The van der Waals surface area contributed by atoms with E-state index < -0.39 is 0 Å². The largest absolute Gasteiger partial charge is 0.356 e. The van der Waals surface area contributed by atoms with E-state index in [-0.39, 0.29) is 11.8 Å². The first-order valence-corrected chi connectivity index (χ1v) is 5.59. The summed E-state index contributed by atoms with van der Waals surface area (Å²) in [6.07, 6.45) is 3.05. The first-order valence-electron chi connectivity index (χ1n) is 5.59. The van der Waals surface area contributed by atoms with Gasteiger partial charge in [-0.15, -0.1) is 0 Å². The van der Waals surface area contributed by atoms with Gasteiger partial charge in [-0.3, -0.25) is 4.79 Å². The van der Waals surface area contributed by atoms with E-state index in [0.29, 0.717) is 12.5 Å². The van der Waals surface area contributed by atoms with Crippen molar-refractivity contribution in [2.75, 3.05) is 13.1 Å². The number of nitrogens with one attached hydrogen (secondary N) is 1. The molecule has 0 radical (unpaired) electrons. The smallest absolute Gasteiger partial charge is 0.224 e. The highest BCUT2D eigenvalue weighted by molar-refractivity contribution is 5.78. The molecular formula is C11H24N2O. The molecule has 0 bridgehead atoms. The Balaban J connectivity index is 3.52. The molecular weight excluding hydrogens is 176 g/mol. The molecule has 0 saturated heterocycles. The Bertz CT molecular complexity index is 153. The van der Waals surface area contributed by atoms with E-state index in [1.54, 1.807) is 0 Å². The highest BCUT2D eigenvalue weighted by atomic mass is 16.1. The van der Waals surface area contributed by atoms with Crippen LogP contribution in [0, 0.1) is 11.8 Å². The predicted octanol–water partition coefficient (Wildman–Crippen LogP) is 1.52. The fourth-order valence-electron chi connectivity index (χ4n) is 1.33. The predicted molar refractivity (Wildman–Crippen MR) is 59.9 cm³/mol. The summed E-state index contributed by atoms with van der Waals surface area (Å²) in [6, 6.07) is 0. The molecule has 0 fully saturated rings. The summed E-state index contributed by atoms with van der Waals surface area (Å²) >= 11 is 0. The molecule has 0 aromatic carbocycles. The van der Waals surface area contributed by atoms with Crippen LogP contribution in [0.15, 0.2) is 0 Å². The van der Waals surface area contributed by atoms with Crippen LogP contribution in [0.4, 0.5) is 0 Å². The highest BCUT2D eigenvalue weighted by Gasteiger charge is 2.12. The third-order valence-corrected chi connectivity index (χ3v) is 2.41. The average molecular weight is 200 g/mol. The summed E-state index contributed by atoms with van der Waals surface area (Å²) in [5.74, 6) is 0.816. The molecule has 84 valence electrons. The molecule has 1 amide bonds. The van der Waals surface area contributed by atoms with Gasteiger partial charge in [0.25, 0.3) is 0 Å². The minimum absolute atomic E-state index is 0.00551. The number of carbonyl (C=O) groups excluding carboxylic acids is 1. The zero-order valence-electron chi connectivity index (χ0n) is 9.68. The Labute approximate surface area is 87.4 Å². The average Bonchev–Trinajstić information content (AvgIpc) is 2.14. The van der Waals surface area contributed by atoms with Crippen molar-refractivity contribution in [2.45, 2.75) is 40.0 Å². The molecule has 0 aromatic rings. The van der Waals surface area contributed by atoms with Gasteiger partial charge in [-0.2, -0.15) is 0 Å². The summed E-state index contributed by atoms with van der Waals surface area (Å²) in [6.45, 7) is 7.61. The van der Waals surface area contributed by atoms with Gasteiger partial charge in [-0.25, -0.2) is 0 Å². The summed E-state index contributed by atoms with van der Waals surface area (Å²) in [5, 5.41) is 2.92. The summed E-state index contributed by atoms with van der Waals surface area (Å²) in [5.41, 5.74) is 5.48. The van der Waals surface area contributed by atoms with Gasteiger partial charge in [0.15, 0.2) is 0 Å². The van der Waals surface area contributed by atoms with Crippen LogP contribution in [0.1, 0.15) is 40.0 Å². The van der Waals surface area contributed by atoms with Crippen LogP contribution < -0.4 is 11.1 Å². The SMILES string of the molecule is CCC(CN)C(=O)NCCCC(C)C. The number of nitrogens with two attached hydrogens (primary N) is 1. The number of amides is 1. The van der Waals surface area contributed by atoms with Crippen molar-refractivity contribution in [3.8, 4) is 0 Å². The van der Waals surface area contributed by atoms with Gasteiger partial charge in [0, 0.05) is 19.0 Å². The molecule has 1 unspecified atom stereocenters. The zero-order valence-corrected chi connectivity index (χ0v) is 9.68. The first-order chi connectivity index (χ1) is 6.61. The molecule has 0 aromatic heterocycles. The molecule has 0 aliphatic rings. The van der Waals surface area contributed by atoms with Gasteiger partial charge in [0.2, 0.25) is 5.91 Å². The van der Waals surface area contributed by atoms with Crippen molar-refractivity contribution < 1.29 is 4.79 Å². The maximum atomic E-state index is 11.5. The van der Waals surface area contributed by atoms with E-state index in [4.69, 9.17) is 5.73 Å². The second kappa shape index (κ2) is 7.80. The van der Waals surface area contributed by atoms with Crippen LogP contribution in [-0.2, 0) is 4.79 Å². The molecule has 1 atom stereocenters. The standard InChI is InChI=1S/C11H24N2O/c1-4-10(8-12)11(14)13-7-5-6-9(2)3/h9-10H,4-8,12H2,1-3H3,(H,13,14). The quantitative estimate of drug-likeness (QED) is 0.612. The molecule has 3 nitrogen and oxygen atoms in total. The number of carbonyl (C=O) groups is 1. The van der Waals surface area contributed by atoms with E-state index in [1.165, 1.54) is 6.42 Å². The Hall–Kier alpha value is -0.570. The van der Waals surface area contributed by atoms with E-state index in [2.05, 4.69) is 19.2 Å². The molecule has 3 heteroatoms. The van der Waals surface area contributed by atoms with Crippen molar-refractivity contribution in [3.63, 3.8) is 0 Å². The van der Waals surface area contributed by atoms with Crippen molar-refractivity contribution >= 4 is 5.91 Å². The van der Waals surface area contributed by atoms with E-state index in [0.717, 1.165) is 19.4 Å². The number of rotatable bonds is 7. The molecule has 14 heavy (non-hydrogen) atoms. The second-order valence-electron chi connectivity index (χ2n) is 4.17. The van der Waals surface area contributed by atoms with Gasteiger partial charge >= 0.3 is 0 Å². The lowest BCUT2D eigenvalue weighted by Gasteiger charge is -2.12. The summed E-state index contributed by atoms with van der Waals surface area (Å²) in [7, 11) is 0. The molecule has 0 saturated carbocycles. The maximum absolute atomic E-state index is 11.5. The lowest BCUT2D eigenvalue weighted by Crippen LogP contribution is -2.35. The van der Waals surface area contributed by atoms with E-state index in [9.17, 15) is 4.79 Å². The molecule has 0 aliphatic carbocycles. The molecule has 0 aliphatic heterocycles. The van der Waals surface area contributed by atoms with Crippen LogP contribution in [0.25, 0.3) is 0 Å². The third-order valence-electron chi connectivity index (χ3n) is 2.41. The van der Waals surface area contributed by atoms with Gasteiger partial charge in [-0.05, 0) is 25.2 Å². The highest BCUT2D eigenvalue weighted by Crippen LogP contribution is 2.03. The minimum Gasteiger partial charge on any atom is -0.356 e. The zero-order chi connectivity index (χ0) is 11.0. The Morgan fingerprint density at radius 1 is 1.43 bits per heavy atom. The summed E-state index contributed by atoms with van der Waals surface area (Å²) in [4.78, 5) is 11.5. The molecule has 3 N–H and O–H groups in total. The number of hydrogen-bond acceptors (Lipinski definition) is 2. The second-order valence-corrected chi connectivity index (χ2v) is 4.17. The molecule has 0 heterocycles. The van der Waals surface area contributed by atoms with Crippen LogP contribution in [0.3, 0.4) is 0 Å². The van der Waals surface area contributed by atoms with Gasteiger partial charge in [0.1, 0.15) is 0 Å². The Kier molecular flexibility index (Phi) is 7.48. The normalized spacial score (nSPS) is 12.9. The summed E-state index contributed by atoms with van der Waals surface area (Å²) < 4.78 is 0. The molecule has 0 rings (SSSR count). The van der Waals surface area contributed by atoms with Crippen LogP contribution in [0.5, 0.6) is 0 Å². The van der Waals surface area contributed by atoms with Crippen molar-refractivity contribution in [3.05, 3.63) is 0 Å². The van der Waals surface area contributed by atoms with Gasteiger partial charge < -0.3 is 11.1 Å².